The van der Waals surface area contributed by atoms with E-state index in [9.17, 15) is 14.0 Å². The molecule has 0 bridgehead atoms. The first-order valence-corrected chi connectivity index (χ1v) is 8.23. The number of aliphatic carboxylic acids is 2. The Morgan fingerprint density at radius 3 is 2.15 bits per heavy atom. The molecule has 0 aliphatic carbocycles. The molecule has 1 heterocycles. The third-order valence-electron chi connectivity index (χ3n) is 3.98. The molecular weight excluding hydrogens is 361 g/mol. The molecule has 0 saturated carbocycles. The van der Waals surface area contributed by atoms with E-state index in [0.717, 1.165) is 25.9 Å². The summed E-state index contributed by atoms with van der Waals surface area (Å²) in [6.07, 6.45) is 1.78. The summed E-state index contributed by atoms with van der Waals surface area (Å²) < 4.78 is 13.4. The summed E-state index contributed by atoms with van der Waals surface area (Å²) >= 11 is 0. The Kier molecular flexibility index (Phi) is 8.86. The van der Waals surface area contributed by atoms with Gasteiger partial charge in [-0.3, -0.25) is 9.59 Å². The highest BCUT2D eigenvalue weighted by Crippen LogP contribution is 2.17. The minimum absolute atomic E-state index is 0.0477. The lowest BCUT2D eigenvalue weighted by Crippen LogP contribution is -2.39. The molecule has 0 unspecified atom stereocenters. The van der Waals surface area contributed by atoms with E-state index in [1.54, 1.807) is 12.1 Å². The fourth-order valence-electron chi connectivity index (χ4n) is 2.48. The van der Waals surface area contributed by atoms with Crippen LogP contribution in [0.5, 0.6) is 0 Å². The average Bonchev–Trinajstić information content (AvgIpc) is 2.62. The number of hydrogen-bond acceptors (Lipinski definition) is 5. The number of rotatable bonds is 5. The van der Waals surface area contributed by atoms with Crippen LogP contribution >= 0.6 is 0 Å². The number of piperidine rings is 1. The van der Waals surface area contributed by atoms with Gasteiger partial charge in [-0.1, -0.05) is 12.1 Å². The Labute approximate surface area is 154 Å². The summed E-state index contributed by atoms with van der Waals surface area (Å²) in [5, 5.41) is 17.3. The van der Waals surface area contributed by atoms with Crippen LogP contribution in [0.25, 0.3) is 0 Å². The second-order valence-corrected chi connectivity index (χ2v) is 5.91. The highest BCUT2D eigenvalue weighted by molar-refractivity contribution is 6.27. The molecule has 1 fully saturated rings. The second kappa shape index (κ2) is 10.9. The van der Waals surface area contributed by atoms with Crippen LogP contribution < -0.4 is 11.1 Å². The monoisotopic (exact) mass is 383 g/mol. The molecule has 10 heteroatoms. The lowest BCUT2D eigenvalue weighted by atomic mass is 9.96. The number of carboxylic acids is 2. The minimum Gasteiger partial charge on any atom is -0.473 e. The van der Waals surface area contributed by atoms with E-state index in [2.05, 4.69) is 10.2 Å². The van der Waals surface area contributed by atoms with E-state index >= 15 is 0 Å². The molecule has 148 valence electrons. The van der Waals surface area contributed by atoms with Gasteiger partial charge in [-0.2, -0.15) is 0 Å². The van der Waals surface area contributed by atoms with Crippen LogP contribution in [0.2, 0.25) is 0 Å². The Morgan fingerprint density at radius 2 is 1.67 bits per heavy atom. The normalized spacial score (nSPS) is 14.6. The number of primary amides is 1. The number of halogens is 1. The van der Waals surface area contributed by atoms with Crippen molar-refractivity contribution in [3.05, 3.63) is 30.1 Å². The molecule has 0 spiro atoms. The number of benzene rings is 1. The SMILES string of the molecule is NC(=O)C1CCN(CCC(=O)Nc2ccccc2F)CC1.O=C(O)C(=O)O. The lowest BCUT2D eigenvalue weighted by molar-refractivity contribution is -0.159. The van der Waals surface area contributed by atoms with Gasteiger partial charge in [0.25, 0.3) is 0 Å². The number of likely N-dealkylation sites (tertiary alicyclic amines) is 1. The van der Waals surface area contributed by atoms with Crippen molar-refractivity contribution < 1.29 is 33.8 Å². The van der Waals surface area contributed by atoms with E-state index in [-0.39, 0.29) is 23.4 Å². The van der Waals surface area contributed by atoms with Crippen LogP contribution in [0.3, 0.4) is 0 Å². The molecule has 1 saturated heterocycles. The third kappa shape index (κ3) is 8.27. The first-order valence-electron chi connectivity index (χ1n) is 8.23. The zero-order valence-corrected chi connectivity index (χ0v) is 14.6. The Hall–Kier alpha value is -3.01. The predicted molar refractivity (Wildman–Crippen MR) is 93.3 cm³/mol. The van der Waals surface area contributed by atoms with Gasteiger partial charge < -0.3 is 26.2 Å². The number of carboxylic acid groups (broad SMARTS) is 2. The summed E-state index contributed by atoms with van der Waals surface area (Å²) in [7, 11) is 0. The van der Waals surface area contributed by atoms with Gasteiger partial charge in [0, 0.05) is 18.9 Å². The summed E-state index contributed by atoms with van der Waals surface area (Å²) in [4.78, 5) is 43.2. The number of para-hydroxylation sites is 1. The molecular formula is C17H22FN3O6. The molecule has 2 rings (SSSR count). The van der Waals surface area contributed by atoms with Crippen LogP contribution in [-0.2, 0) is 19.2 Å². The molecule has 27 heavy (non-hydrogen) atoms. The quantitative estimate of drug-likeness (QED) is 0.541. The zero-order chi connectivity index (χ0) is 20.4. The Bertz CT molecular complexity index is 677. The molecule has 1 aromatic carbocycles. The Balaban J connectivity index is 0.000000527. The van der Waals surface area contributed by atoms with Crippen molar-refractivity contribution in [3.63, 3.8) is 0 Å². The molecule has 1 aliphatic heterocycles. The average molecular weight is 383 g/mol. The number of amides is 2. The van der Waals surface area contributed by atoms with Crippen molar-refractivity contribution in [1.82, 2.24) is 4.90 Å². The van der Waals surface area contributed by atoms with Crippen molar-refractivity contribution in [2.45, 2.75) is 19.3 Å². The number of nitrogens with zero attached hydrogens (tertiary/aromatic N) is 1. The topological polar surface area (TPSA) is 150 Å². The molecule has 5 N–H and O–H groups in total. The van der Waals surface area contributed by atoms with Crippen molar-refractivity contribution in [2.75, 3.05) is 25.0 Å². The van der Waals surface area contributed by atoms with Crippen LogP contribution in [-0.4, -0.2) is 58.5 Å². The summed E-state index contributed by atoms with van der Waals surface area (Å²) in [5.41, 5.74) is 5.48. The maximum atomic E-state index is 13.4. The van der Waals surface area contributed by atoms with Gasteiger partial charge in [0.15, 0.2) is 0 Å². The first kappa shape index (κ1) is 22.0. The van der Waals surface area contributed by atoms with E-state index < -0.39 is 17.8 Å². The van der Waals surface area contributed by atoms with Crippen LogP contribution in [0.1, 0.15) is 19.3 Å². The van der Waals surface area contributed by atoms with E-state index in [4.69, 9.17) is 25.5 Å². The fraction of sp³-hybridized carbons (Fsp3) is 0.412. The molecule has 1 aliphatic rings. The van der Waals surface area contributed by atoms with Crippen LogP contribution in [0.15, 0.2) is 24.3 Å². The first-order chi connectivity index (χ1) is 12.7. The summed E-state index contributed by atoms with van der Waals surface area (Å²) in [5.74, 6) is -4.59. The maximum Gasteiger partial charge on any atom is 0.414 e. The zero-order valence-electron chi connectivity index (χ0n) is 14.6. The number of carbonyl (C=O) groups excluding carboxylic acids is 2. The number of hydrogen-bond donors (Lipinski definition) is 4. The van der Waals surface area contributed by atoms with Crippen molar-refractivity contribution >= 4 is 29.4 Å². The highest BCUT2D eigenvalue weighted by Gasteiger charge is 2.23. The van der Waals surface area contributed by atoms with Gasteiger partial charge in [0.1, 0.15) is 5.82 Å². The molecule has 0 aromatic heterocycles. The standard InChI is InChI=1S/C15H20FN3O2.C2H2O4/c16-12-3-1-2-4-13(12)18-14(20)7-10-19-8-5-11(6-9-19)15(17)21;3-1(4)2(5)6/h1-4,11H,5-10H2,(H2,17,21)(H,18,20);(H,3,4)(H,5,6). The second-order valence-electron chi connectivity index (χ2n) is 5.91. The maximum absolute atomic E-state index is 13.4. The lowest BCUT2D eigenvalue weighted by Gasteiger charge is -2.30. The van der Waals surface area contributed by atoms with E-state index in [1.807, 2.05) is 0 Å². The fourth-order valence-corrected chi connectivity index (χ4v) is 2.48. The van der Waals surface area contributed by atoms with Gasteiger partial charge in [-0.25, -0.2) is 14.0 Å². The predicted octanol–water partition coefficient (Wildman–Crippen LogP) is 0.507. The number of anilines is 1. The molecule has 0 atom stereocenters. The van der Waals surface area contributed by atoms with Crippen molar-refractivity contribution in [3.8, 4) is 0 Å². The smallest absolute Gasteiger partial charge is 0.414 e. The third-order valence-corrected chi connectivity index (χ3v) is 3.98. The van der Waals surface area contributed by atoms with Crippen LogP contribution in [0, 0.1) is 11.7 Å². The number of nitrogens with two attached hydrogens (primary N) is 1. The molecule has 1 aromatic rings. The molecule has 2 amide bonds. The number of carbonyl (C=O) groups is 4. The van der Waals surface area contributed by atoms with Gasteiger partial charge >= 0.3 is 11.9 Å². The van der Waals surface area contributed by atoms with Crippen molar-refractivity contribution in [2.24, 2.45) is 11.7 Å². The Morgan fingerprint density at radius 1 is 1.11 bits per heavy atom. The summed E-state index contributed by atoms with van der Waals surface area (Å²) in [6, 6.07) is 6.09. The van der Waals surface area contributed by atoms with E-state index in [1.165, 1.54) is 12.1 Å². The molecule has 9 nitrogen and oxygen atoms in total. The van der Waals surface area contributed by atoms with E-state index in [0.29, 0.717) is 13.0 Å². The van der Waals surface area contributed by atoms with Gasteiger partial charge in [0.05, 0.1) is 5.69 Å². The molecule has 0 radical (unpaired) electrons. The largest absolute Gasteiger partial charge is 0.473 e. The van der Waals surface area contributed by atoms with Gasteiger partial charge in [-0.15, -0.1) is 0 Å². The number of nitrogens with one attached hydrogen (secondary N) is 1. The highest BCUT2D eigenvalue weighted by atomic mass is 19.1. The van der Waals surface area contributed by atoms with Gasteiger partial charge in [0.2, 0.25) is 11.8 Å². The van der Waals surface area contributed by atoms with Crippen molar-refractivity contribution in [1.29, 1.82) is 0 Å². The minimum atomic E-state index is -1.82. The summed E-state index contributed by atoms with van der Waals surface area (Å²) in [6.45, 7) is 2.13. The van der Waals surface area contributed by atoms with Crippen LogP contribution in [0.4, 0.5) is 10.1 Å². The van der Waals surface area contributed by atoms with Gasteiger partial charge in [-0.05, 0) is 38.1 Å².